The summed E-state index contributed by atoms with van der Waals surface area (Å²) < 4.78 is 0. The van der Waals surface area contributed by atoms with E-state index < -0.39 is 0 Å². The quantitative estimate of drug-likeness (QED) is 0.771. The second-order valence-corrected chi connectivity index (χ2v) is 7.62. The molecular weight excluding hydrogens is 246 g/mol. The number of carbonyl (C=O) groups is 1. The number of likely N-dealkylation sites (tertiary alicyclic amines) is 1. The molecule has 0 spiro atoms. The van der Waals surface area contributed by atoms with Crippen molar-refractivity contribution in [3.63, 3.8) is 0 Å². The summed E-state index contributed by atoms with van der Waals surface area (Å²) in [6.07, 6.45) is 13.7. The van der Waals surface area contributed by atoms with Crippen LogP contribution in [0.15, 0.2) is 0 Å². The van der Waals surface area contributed by atoms with Gasteiger partial charge in [-0.05, 0) is 57.5 Å². The van der Waals surface area contributed by atoms with E-state index in [1.807, 2.05) is 0 Å². The fourth-order valence-electron chi connectivity index (χ4n) is 5.05. The van der Waals surface area contributed by atoms with Crippen molar-refractivity contribution in [3.8, 4) is 0 Å². The van der Waals surface area contributed by atoms with Gasteiger partial charge in [0.15, 0.2) is 5.78 Å². The van der Waals surface area contributed by atoms with Gasteiger partial charge in [0.25, 0.3) is 0 Å². The van der Waals surface area contributed by atoms with Crippen LogP contribution in [0.1, 0.15) is 77.6 Å². The van der Waals surface area contributed by atoms with Crippen LogP contribution in [0.2, 0.25) is 0 Å². The van der Waals surface area contributed by atoms with Crippen molar-refractivity contribution in [1.29, 1.82) is 0 Å². The highest BCUT2D eigenvalue weighted by atomic mass is 16.1. The molecule has 114 valence electrons. The van der Waals surface area contributed by atoms with Crippen molar-refractivity contribution in [1.82, 2.24) is 4.90 Å². The monoisotopic (exact) mass is 277 g/mol. The Morgan fingerprint density at radius 1 is 0.950 bits per heavy atom. The minimum absolute atomic E-state index is 0.0395. The number of nitrogens with zero attached hydrogens (tertiary/aromatic N) is 1. The topological polar surface area (TPSA) is 20.3 Å². The number of hydrogen-bond donors (Lipinski definition) is 0. The number of piperidine rings is 1. The first kappa shape index (κ1) is 14.6. The Labute approximate surface area is 124 Å². The van der Waals surface area contributed by atoms with Crippen molar-refractivity contribution in [3.05, 3.63) is 0 Å². The van der Waals surface area contributed by atoms with E-state index in [-0.39, 0.29) is 5.54 Å². The normalized spacial score (nSPS) is 35.0. The third-order valence-corrected chi connectivity index (χ3v) is 6.16. The van der Waals surface area contributed by atoms with Gasteiger partial charge < -0.3 is 0 Å². The number of carbonyl (C=O) groups excluding carboxylic acids is 1. The summed E-state index contributed by atoms with van der Waals surface area (Å²) in [5.74, 6) is 1.78. The molecule has 0 amide bonds. The van der Waals surface area contributed by atoms with E-state index in [0.29, 0.717) is 11.7 Å². The van der Waals surface area contributed by atoms with Crippen LogP contribution in [0.3, 0.4) is 0 Å². The second kappa shape index (κ2) is 6.17. The van der Waals surface area contributed by atoms with Crippen LogP contribution in [0, 0.1) is 11.8 Å². The van der Waals surface area contributed by atoms with E-state index in [1.54, 1.807) is 0 Å². The van der Waals surface area contributed by atoms with E-state index in [9.17, 15) is 4.79 Å². The number of ketones is 1. The van der Waals surface area contributed by atoms with Crippen molar-refractivity contribution in [2.75, 3.05) is 13.1 Å². The number of rotatable bonds is 3. The first-order valence-electron chi connectivity index (χ1n) is 9.02. The van der Waals surface area contributed by atoms with E-state index in [4.69, 9.17) is 0 Å². The molecule has 0 N–H and O–H groups in total. The minimum atomic E-state index is -0.0395. The molecule has 0 bridgehead atoms. The minimum Gasteiger partial charge on any atom is -0.297 e. The standard InChI is InChI=1S/C18H31NO/c1-15-8-7-9-16(14-15)17(20)18(10-3-4-11-18)19-12-5-2-6-13-19/h15-16H,2-14H2,1H3. The Morgan fingerprint density at radius 3 is 2.30 bits per heavy atom. The number of hydrogen-bond acceptors (Lipinski definition) is 2. The molecule has 3 rings (SSSR count). The molecule has 2 unspecified atom stereocenters. The maximum absolute atomic E-state index is 13.3. The van der Waals surface area contributed by atoms with Crippen molar-refractivity contribution >= 4 is 5.78 Å². The van der Waals surface area contributed by atoms with Crippen molar-refractivity contribution in [2.24, 2.45) is 11.8 Å². The van der Waals surface area contributed by atoms with Crippen LogP contribution in [0.4, 0.5) is 0 Å². The van der Waals surface area contributed by atoms with Gasteiger partial charge in [0.1, 0.15) is 0 Å². The van der Waals surface area contributed by atoms with Crippen molar-refractivity contribution in [2.45, 2.75) is 83.1 Å². The molecule has 3 aliphatic rings. The summed E-state index contributed by atoms with van der Waals surface area (Å²) in [6, 6.07) is 0. The number of Topliss-reactive ketones (excluding diaryl/α,β-unsaturated/α-hetero) is 1. The van der Waals surface area contributed by atoms with E-state index >= 15 is 0 Å². The second-order valence-electron chi connectivity index (χ2n) is 7.62. The lowest BCUT2D eigenvalue weighted by Gasteiger charge is -2.45. The molecule has 1 heterocycles. The lowest BCUT2D eigenvalue weighted by atomic mass is 9.73. The average Bonchev–Trinajstić information content (AvgIpc) is 2.98. The summed E-state index contributed by atoms with van der Waals surface area (Å²) in [5, 5.41) is 0. The highest BCUT2D eigenvalue weighted by Crippen LogP contribution is 2.42. The van der Waals surface area contributed by atoms with Crippen molar-refractivity contribution < 1.29 is 4.79 Å². The van der Waals surface area contributed by atoms with Crippen LogP contribution in [0.5, 0.6) is 0 Å². The smallest absolute Gasteiger partial charge is 0.156 e. The zero-order chi connectivity index (χ0) is 14.0. The molecule has 1 saturated heterocycles. The van der Waals surface area contributed by atoms with Crippen LogP contribution in [0.25, 0.3) is 0 Å². The van der Waals surface area contributed by atoms with Crippen LogP contribution in [-0.2, 0) is 4.79 Å². The molecule has 0 radical (unpaired) electrons. The predicted octanol–water partition coefficient (Wildman–Crippen LogP) is 4.18. The maximum atomic E-state index is 13.3. The Bertz CT molecular complexity index is 339. The first-order chi connectivity index (χ1) is 9.72. The Hall–Kier alpha value is -0.370. The summed E-state index contributed by atoms with van der Waals surface area (Å²) in [4.78, 5) is 15.9. The van der Waals surface area contributed by atoms with Gasteiger partial charge in [-0.1, -0.05) is 39.0 Å². The van der Waals surface area contributed by atoms with Gasteiger partial charge in [-0.15, -0.1) is 0 Å². The molecule has 1 aliphatic heterocycles. The molecular formula is C18H31NO. The Morgan fingerprint density at radius 2 is 1.65 bits per heavy atom. The third kappa shape index (κ3) is 2.68. The lowest BCUT2D eigenvalue weighted by molar-refractivity contribution is -0.137. The molecule has 2 saturated carbocycles. The fourth-order valence-corrected chi connectivity index (χ4v) is 5.05. The summed E-state index contributed by atoms with van der Waals surface area (Å²) >= 11 is 0. The molecule has 2 aliphatic carbocycles. The predicted molar refractivity (Wildman–Crippen MR) is 82.8 cm³/mol. The molecule has 2 heteroatoms. The summed E-state index contributed by atoms with van der Waals surface area (Å²) in [7, 11) is 0. The van der Waals surface area contributed by atoms with Gasteiger partial charge in [0.05, 0.1) is 5.54 Å². The van der Waals surface area contributed by atoms with Crippen LogP contribution in [-0.4, -0.2) is 29.3 Å². The van der Waals surface area contributed by atoms with Gasteiger partial charge in [0.2, 0.25) is 0 Å². The Kier molecular flexibility index (Phi) is 4.49. The molecule has 2 atom stereocenters. The Balaban J connectivity index is 1.76. The van der Waals surface area contributed by atoms with Gasteiger partial charge >= 0.3 is 0 Å². The van der Waals surface area contributed by atoms with Gasteiger partial charge in [-0.3, -0.25) is 9.69 Å². The van der Waals surface area contributed by atoms with Gasteiger partial charge in [-0.25, -0.2) is 0 Å². The highest BCUT2D eigenvalue weighted by Gasteiger charge is 2.48. The van der Waals surface area contributed by atoms with E-state index in [2.05, 4.69) is 11.8 Å². The third-order valence-electron chi connectivity index (χ3n) is 6.16. The fraction of sp³-hybridized carbons (Fsp3) is 0.944. The molecule has 0 aromatic rings. The first-order valence-corrected chi connectivity index (χ1v) is 9.02. The van der Waals surface area contributed by atoms with E-state index in [0.717, 1.165) is 25.2 Å². The SMILES string of the molecule is CC1CCCC(C(=O)C2(N3CCCCC3)CCCC2)C1. The molecule has 0 aromatic heterocycles. The van der Waals surface area contributed by atoms with Gasteiger partial charge in [0, 0.05) is 5.92 Å². The summed E-state index contributed by atoms with van der Waals surface area (Å²) in [6.45, 7) is 4.68. The molecule has 0 aromatic carbocycles. The zero-order valence-electron chi connectivity index (χ0n) is 13.2. The van der Waals surface area contributed by atoms with Crippen LogP contribution < -0.4 is 0 Å². The highest BCUT2D eigenvalue weighted by molar-refractivity contribution is 5.91. The lowest BCUT2D eigenvalue weighted by Crippen LogP contribution is -2.56. The molecule has 3 fully saturated rings. The zero-order valence-corrected chi connectivity index (χ0v) is 13.2. The average molecular weight is 277 g/mol. The molecule has 2 nitrogen and oxygen atoms in total. The van der Waals surface area contributed by atoms with Gasteiger partial charge in [-0.2, -0.15) is 0 Å². The summed E-state index contributed by atoms with van der Waals surface area (Å²) in [5.41, 5.74) is -0.0395. The maximum Gasteiger partial charge on any atom is 0.156 e. The van der Waals surface area contributed by atoms with Crippen LogP contribution >= 0.6 is 0 Å². The van der Waals surface area contributed by atoms with E-state index in [1.165, 1.54) is 64.5 Å². The molecule has 20 heavy (non-hydrogen) atoms. The largest absolute Gasteiger partial charge is 0.297 e.